The number of nitrogens with two attached hydrogens (primary N) is 1. The van der Waals surface area contributed by atoms with Crippen LogP contribution in [0.3, 0.4) is 0 Å². The number of halogens is 1. The second-order valence-corrected chi connectivity index (χ2v) is 13.5. The number of hydrogen-bond donors (Lipinski definition) is 2. The standard InChI is InChI=1S/C32H31FN8O2/c1-19-8-35-24-7-4-21(9-40(19)24)26-25(20-2-5-22(33)6-3-20)37-27(34)28-36-23(10-41(26)28)29(42)38-32-11-30(12-32,13-32)14-39-15-31(16-39)17-43-18-31/h2-10H,11-18H2,1H3,(H2,34,37)(H,38,42). The number of carbonyl (C=O) groups excluding carboxylic acids is 1. The zero-order valence-corrected chi connectivity index (χ0v) is 23.8. The van der Waals surface area contributed by atoms with Gasteiger partial charge < -0.3 is 25.1 Å². The summed E-state index contributed by atoms with van der Waals surface area (Å²) in [4.78, 5) is 30.0. The molecule has 218 valence electrons. The largest absolute Gasteiger partial charge is 0.381 e. The number of aryl methyl sites for hydroxylation is 1. The number of benzene rings is 1. The van der Waals surface area contributed by atoms with Gasteiger partial charge in [0.15, 0.2) is 11.5 Å². The van der Waals surface area contributed by atoms with Crippen LogP contribution in [0.4, 0.5) is 10.2 Å². The number of ether oxygens (including phenoxy) is 1. The summed E-state index contributed by atoms with van der Waals surface area (Å²) >= 11 is 0. The second kappa shape index (κ2) is 8.39. The number of hydrogen-bond acceptors (Lipinski definition) is 7. The lowest BCUT2D eigenvalue weighted by molar-refractivity contribution is -0.224. The second-order valence-electron chi connectivity index (χ2n) is 13.5. The lowest BCUT2D eigenvalue weighted by Crippen LogP contribution is -2.78. The summed E-state index contributed by atoms with van der Waals surface area (Å²) in [6.45, 7) is 7.18. The molecule has 0 atom stereocenters. The first-order valence-electron chi connectivity index (χ1n) is 14.7. The minimum absolute atomic E-state index is 0.148. The Labute approximate surface area is 246 Å². The molecule has 5 aromatic rings. The lowest BCUT2D eigenvalue weighted by Gasteiger charge is -2.72. The first kappa shape index (κ1) is 25.2. The molecule has 1 spiro atoms. The van der Waals surface area contributed by atoms with E-state index in [0.29, 0.717) is 39.1 Å². The van der Waals surface area contributed by atoms with Crippen molar-refractivity contribution < 1.29 is 13.9 Å². The highest BCUT2D eigenvalue weighted by Gasteiger charge is 2.69. The number of aromatic nitrogens is 5. The molecule has 3 saturated carbocycles. The molecule has 0 radical (unpaired) electrons. The number of likely N-dealkylation sites (tertiary alicyclic amines) is 1. The highest BCUT2D eigenvalue weighted by Crippen LogP contribution is 2.68. The van der Waals surface area contributed by atoms with Gasteiger partial charge in [0.2, 0.25) is 0 Å². The number of pyridine rings is 1. The summed E-state index contributed by atoms with van der Waals surface area (Å²) in [5, 5.41) is 3.30. The van der Waals surface area contributed by atoms with Gasteiger partial charge in [0.25, 0.3) is 5.91 Å². The number of imidazole rings is 2. The molecule has 1 amide bonds. The third-order valence-electron chi connectivity index (χ3n) is 9.96. The van der Waals surface area contributed by atoms with Crippen LogP contribution in [-0.2, 0) is 4.74 Å². The summed E-state index contributed by atoms with van der Waals surface area (Å²) in [7, 11) is 0. The number of fused-ring (bicyclic) bond motifs is 2. The molecule has 3 aliphatic carbocycles. The number of nitrogens with one attached hydrogen (secondary N) is 1. The average Bonchev–Trinajstić information content (AvgIpc) is 3.52. The van der Waals surface area contributed by atoms with Crippen molar-refractivity contribution in [2.45, 2.75) is 31.7 Å². The topological polar surface area (TPSA) is 115 Å². The maximum Gasteiger partial charge on any atom is 0.271 e. The van der Waals surface area contributed by atoms with E-state index < -0.39 is 0 Å². The van der Waals surface area contributed by atoms with Crippen LogP contribution in [0.1, 0.15) is 35.4 Å². The van der Waals surface area contributed by atoms with Crippen molar-refractivity contribution in [3.63, 3.8) is 0 Å². The molecule has 2 bridgehead atoms. The van der Waals surface area contributed by atoms with Gasteiger partial charge in [-0.15, -0.1) is 0 Å². The molecular formula is C32H31FN8O2. The van der Waals surface area contributed by atoms with Crippen molar-refractivity contribution in [3.8, 4) is 22.5 Å². The Kier molecular flexibility index (Phi) is 4.91. The van der Waals surface area contributed by atoms with E-state index in [1.54, 1.807) is 18.3 Å². The molecule has 10 rings (SSSR count). The van der Waals surface area contributed by atoms with Crippen molar-refractivity contribution in [3.05, 3.63) is 72.2 Å². The SMILES string of the molecule is Cc1cnc2ccc(-c3c(-c4ccc(F)cc4)nc(N)c4nc(C(=O)NC56CC(CN7CC8(COC8)C7)(C5)C6)cn34)cn12. The predicted molar refractivity (Wildman–Crippen MR) is 158 cm³/mol. The maximum atomic E-state index is 13.8. The molecule has 4 aromatic heterocycles. The van der Waals surface area contributed by atoms with E-state index in [2.05, 4.69) is 20.2 Å². The summed E-state index contributed by atoms with van der Waals surface area (Å²) in [5.74, 6) is -0.356. The monoisotopic (exact) mass is 578 g/mol. The molecule has 43 heavy (non-hydrogen) atoms. The molecule has 3 N–H and O–H groups in total. The number of amides is 1. The highest BCUT2D eigenvalue weighted by molar-refractivity contribution is 5.95. The summed E-state index contributed by atoms with van der Waals surface area (Å²) in [6, 6.07) is 10.0. The Morgan fingerprint density at radius 3 is 2.49 bits per heavy atom. The summed E-state index contributed by atoms with van der Waals surface area (Å²) < 4.78 is 23.1. The van der Waals surface area contributed by atoms with Gasteiger partial charge in [0.05, 0.1) is 24.6 Å². The Morgan fingerprint density at radius 2 is 1.77 bits per heavy atom. The Balaban J connectivity index is 1.04. The normalized spacial score (nSPS) is 25.3. The quantitative estimate of drug-likeness (QED) is 0.316. The van der Waals surface area contributed by atoms with Crippen LogP contribution in [0.15, 0.2) is 55.0 Å². The van der Waals surface area contributed by atoms with Crippen LogP contribution in [0.5, 0.6) is 0 Å². The van der Waals surface area contributed by atoms with E-state index in [0.717, 1.165) is 69.0 Å². The highest BCUT2D eigenvalue weighted by atomic mass is 19.1. The summed E-state index contributed by atoms with van der Waals surface area (Å²) in [5.41, 5.74) is 12.3. The van der Waals surface area contributed by atoms with E-state index in [-0.39, 0.29) is 23.1 Å². The third-order valence-corrected chi connectivity index (χ3v) is 9.96. The van der Waals surface area contributed by atoms with Gasteiger partial charge in [0.1, 0.15) is 17.2 Å². The molecule has 11 heteroatoms. The van der Waals surface area contributed by atoms with Gasteiger partial charge in [0, 0.05) is 66.0 Å². The molecule has 6 heterocycles. The van der Waals surface area contributed by atoms with Gasteiger partial charge in [-0.05, 0) is 68.0 Å². The van der Waals surface area contributed by atoms with E-state index in [1.807, 2.05) is 40.3 Å². The Morgan fingerprint density at radius 1 is 1.02 bits per heavy atom. The number of anilines is 1. The van der Waals surface area contributed by atoms with Crippen molar-refractivity contribution in [1.29, 1.82) is 0 Å². The minimum atomic E-state index is -0.339. The van der Waals surface area contributed by atoms with Crippen LogP contribution in [0.2, 0.25) is 0 Å². The van der Waals surface area contributed by atoms with Gasteiger partial charge in [-0.1, -0.05) is 0 Å². The molecule has 1 aromatic carbocycles. The van der Waals surface area contributed by atoms with Crippen molar-refractivity contribution in [2.24, 2.45) is 10.8 Å². The van der Waals surface area contributed by atoms with Gasteiger partial charge >= 0.3 is 0 Å². The molecule has 10 nitrogen and oxygen atoms in total. The lowest BCUT2D eigenvalue weighted by atomic mass is 9.39. The van der Waals surface area contributed by atoms with Gasteiger partial charge in [-0.2, -0.15) is 0 Å². The van der Waals surface area contributed by atoms with Gasteiger partial charge in [-0.25, -0.2) is 19.3 Å². The van der Waals surface area contributed by atoms with Crippen LogP contribution < -0.4 is 11.1 Å². The number of carbonyl (C=O) groups is 1. The zero-order valence-electron chi connectivity index (χ0n) is 23.8. The number of nitrogens with zero attached hydrogens (tertiary/aromatic N) is 6. The third kappa shape index (κ3) is 3.70. The average molecular weight is 579 g/mol. The molecule has 5 fully saturated rings. The Bertz CT molecular complexity index is 1950. The van der Waals surface area contributed by atoms with E-state index in [4.69, 9.17) is 15.5 Å². The van der Waals surface area contributed by atoms with Crippen molar-refractivity contribution in [2.75, 3.05) is 38.6 Å². The molecule has 2 saturated heterocycles. The van der Waals surface area contributed by atoms with E-state index in [1.165, 1.54) is 12.1 Å². The number of nitrogen functional groups attached to an aromatic ring is 1. The minimum Gasteiger partial charge on any atom is -0.381 e. The molecule has 0 unspecified atom stereocenters. The van der Waals surface area contributed by atoms with Crippen LogP contribution >= 0.6 is 0 Å². The van der Waals surface area contributed by atoms with Crippen LogP contribution in [0.25, 0.3) is 33.8 Å². The smallest absolute Gasteiger partial charge is 0.271 e. The maximum absolute atomic E-state index is 13.8. The van der Waals surface area contributed by atoms with Crippen molar-refractivity contribution >= 4 is 23.0 Å². The van der Waals surface area contributed by atoms with Crippen LogP contribution in [0, 0.1) is 23.6 Å². The molecule has 2 aliphatic heterocycles. The summed E-state index contributed by atoms with van der Waals surface area (Å²) in [6.07, 6.45) is 8.55. The fraction of sp³-hybridized carbons (Fsp3) is 0.375. The van der Waals surface area contributed by atoms with E-state index in [9.17, 15) is 9.18 Å². The fourth-order valence-electron chi connectivity index (χ4n) is 8.17. The first-order chi connectivity index (χ1) is 20.7. The fourth-order valence-corrected chi connectivity index (χ4v) is 8.17. The first-order valence-corrected chi connectivity index (χ1v) is 14.7. The molecule has 5 aliphatic rings. The zero-order chi connectivity index (χ0) is 29.1. The molecular weight excluding hydrogens is 547 g/mol. The van der Waals surface area contributed by atoms with E-state index >= 15 is 0 Å². The van der Waals surface area contributed by atoms with Crippen molar-refractivity contribution in [1.82, 2.24) is 34.0 Å². The van der Waals surface area contributed by atoms with Crippen LogP contribution in [-0.4, -0.2) is 72.9 Å². The Hall–Kier alpha value is -4.35. The van der Waals surface area contributed by atoms with Gasteiger partial charge in [-0.3, -0.25) is 9.20 Å². The number of rotatable bonds is 6. The predicted octanol–water partition coefficient (Wildman–Crippen LogP) is 3.73.